The minimum absolute atomic E-state index is 0.0227. The lowest BCUT2D eigenvalue weighted by Crippen LogP contribution is -2.19. The average molecular weight is 270 g/mol. The monoisotopic (exact) mass is 270 g/mol. The second-order valence-electron chi connectivity index (χ2n) is 5.36. The highest BCUT2D eigenvalue weighted by Gasteiger charge is 2.32. The first-order valence-electron chi connectivity index (χ1n) is 6.57. The molecule has 2 unspecified atom stereocenters. The SMILES string of the molecule is CC1CCCC1C(=O)Cc1cccc(C(F)(F)F)c1. The molecule has 1 saturated carbocycles. The zero-order valence-corrected chi connectivity index (χ0v) is 10.8. The summed E-state index contributed by atoms with van der Waals surface area (Å²) in [5, 5.41) is 0. The molecular formula is C15H17F3O. The highest BCUT2D eigenvalue weighted by Crippen LogP contribution is 2.33. The summed E-state index contributed by atoms with van der Waals surface area (Å²) < 4.78 is 37.8. The summed E-state index contributed by atoms with van der Waals surface area (Å²) in [5.74, 6) is 0.456. The van der Waals surface area contributed by atoms with Gasteiger partial charge in [0.1, 0.15) is 5.78 Å². The van der Waals surface area contributed by atoms with Crippen molar-refractivity contribution in [3.63, 3.8) is 0 Å². The van der Waals surface area contributed by atoms with Gasteiger partial charge in [-0.1, -0.05) is 31.5 Å². The van der Waals surface area contributed by atoms with E-state index in [1.807, 2.05) is 6.92 Å². The summed E-state index contributed by atoms with van der Waals surface area (Å²) in [6.45, 7) is 2.04. The number of ketones is 1. The molecule has 0 spiro atoms. The molecule has 0 aliphatic heterocycles. The molecule has 1 fully saturated rings. The first-order chi connectivity index (χ1) is 8.88. The van der Waals surface area contributed by atoms with Crippen LogP contribution in [0.1, 0.15) is 37.3 Å². The number of Topliss-reactive ketones (excluding diaryl/α,β-unsaturated/α-hetero) is 1. The van der Waals surface area contributed by atoms with Gasteiger partial charge in [-0.3, -0.25) is 4.79 Å². The summed E-state index contributed by atoms with van der Waals surface area (Å²) >= 11 is 0. The Bertz CT molecular complexity index is 465. The first kappa shape index (κ1) is 14.1. The predicted octanol–water partition coefficient (Wildman–Crippen LogP) is 4.25. The molecule has 4 heteroatoms. The van der Waals surface area contributed by atoms with Gasteiger partial charge in [0.05, 0.1) is 5.56 Å². The summed E-state index contributed by atoms with van der Waals surface area (Å²) in [6.07, 6.45) is -1.28. The number of carbonyl (C=O) groups is 1. The zero-order valence-electron chi connectivity index (χ0n) is 10.8. The first-order valence-corrected chi connectivity index (χ1v) is 6.57. The predicted molar refractivity (Wildman–Crippen MR) is 66.7 cm³/mol. The van der Waals surface area contributed by atoms with E-state index in [-0.39, 0.29) is 18.1 Å². The highest BCUT2D eigenvalue weighted by molar-refractivity contribution is 5.83. The van der Waals surface area contributed by atoms with E-state index in [1.165, 1.54) is 6.07 Å². The minimum Gasteiger partial charge on any atom is -0.299 e. The molecule has 0 bridgehead atoms. The Hall–Kier alpha value is -1.32. The van der Waals surface area contributed by atoms with Gasteiger partial charge in [0, 0.05) is 12.3 Å². The number of hydrogen-bond acceptors (Lipinski definition) is 1. The summed E-state index contributed by atoms with van der Waals surface area (Å²) in [4.78, 5) is 12.1. The fraction of sp³-hybridized carbons (Fsp3) is 0.533. The Morgan fingerprint density at radius 1 is 1.32 bits per heavy atom. The van der Waals surface area contributed by atoms with E-state index < -0.39 is 11.7 Å². The van der Waals surface area contributed by atoms with Gasteiger partial charge >= 0.3 is 6.18 Å². The zero-order chi connectivity index (χ0) is 14.0. The van der Waals surface area contributed by atoms with Crippen LogP contribution < -0.4 is 0 Å². The third kappa shape index (κ3) is 3.37. The molecule has 0 N–H and O–H groups in total. The second-order valence-corrected chi connectivity index (χ2v) is 5.36. The molecule has 0 amide bonds. The third-order valence-corrected chi connectivity index (χ3v) is 3.91. The Labute approximate surface area is 110 Å². The topological polar surface area (TPSA) is 17.1 Å². The van der Waals surface area contributed by atoms with Crippen LogP contribution in [0.4, 0.5) is 13.2 Å². The normalized spacial score (nSPS) is 23.6. The van der Waals surface area contributed by atoms with Crippen molar-refractivity contribution in [1.82, 2.24) is 0 Å². The summed E-state index contributed by atoms with van der Waals surface area (Å²) in [7, 11) is 0. The molecule has 1 aromatic carbocycles. The van der Waals surface area contributed by atoms with Crippen LogP contribution in [0, 0.1) is 11.8 Å². The standard InChI is InChI=1S/C15H17F3O/c1-10-4-2-7-13(10)14(19)9-11-5-3-6-12(8-11)15(16,17)18/h3,5-6,8,10,13H,2,4,7,9H2,1H3. The van der Waals surface area contributed by atoms with Crippen LogP contribution in [0.3, 0.4) is 0 Å². The van der Waals surface area contributed by atoms with Crippen molar-refractivity contribution >= 4 is 5.78 Å². The van der Waals surface area contributed by atoms with Crippen LogP contribution in [0.2, 0.25) is 0 Å². The van der Waals surface area contributed by atoms with E-state index in [1.54, 1.807) is 6.07 Å². The van der Waals surface area contributed by atoms with E-state index in [0.29, 0.717) is 11.5 Å². The van der Waals surface area contributed by atoms with Gasteiger partial charge in [0.15, 0.2) is 0 Å². The number of hydrogen-bond donors (Lipinski definition) is 0. The molecule has 1 aromatic rings. The van der Waals surface area contributed by atoms with Crippen LogP contribution in [-0.2, 0) is 17.4 Å². The van der Waals surface area contributed by atoms with E-state index in [2.05, 4.69) is 0 Å². The highest BCUT2D eigenvalue weighted by atomic mass is 19.4. The van der Waals surface area contributed by atoms with Crippen molar-refractivity contribution in [1.29, 1.82) is 0 Å². The van der Waals surface area contributed by atoms with Gasteiger partial charge in [-0.05, 0) is 30.4 Å². The maximum Gasteiger partial charge on any atom is 0.416 e. The van der Waals surface area contributed by atoms with Crippen LogP contribution in [0.25, 0.3) is 0 Å². The molecule has 0 heterocycles. The molecule has 2 atom stereocenters. The van der Waals surface area contributed by atoms with Crippen molar-refractivity contribution < 1.29 is 18.0 Å². The maximum absolute atomic E-state index is 12.6. The minimum atomic E-state index is -4.35. The molecule has 1 aliphatic rings. The fourth-order valence-electron chi connectivity index (χ4n) is 2.81. The van der Waals surface area contributed by atoms with E-state index in [0.717, 1.165) is 31.4 Å². The van der Waals surface area contributed by atoms with Gasteiger partial charge in [-0.2, -0.15) is 13.2 Å². The van der Waals surface area contributed by atoms with Gasteiger partial charge < -0.3 is 0 Å². The molecule has 1 aliphatic carbocycles. The summed E-state index contributed by atoms with van der Waals surface area (Å²) in [5.41, 5.74) is -0.226. The Morgan fingerprint density at radius 2 is 2.05 bits per heavy atom. The average Bonchev–Trinajstić information content (AvgIpc) is 2.75. The fourth-order valence-corrected chi connectivity index (χ4v) is 2.81. The van der Waals surface area contributed by atoms with E-state index in [4.69, 9.17) is 0 Å². The number of halogens is 3. The second kappa shape index (κ2) is 5.35. The van der Waals surface area contributed by atoms with Crippen molar-refractivity contribution in [2.45, 2.75) is 38.8 Å². The smallest absolute Gasteiger partial charge is 0.299 e. The number of alkyl halides is 3. The molecule has 19 heavy (non-hydrogen) atoms. The molecular weight excluding hydrogens is 253 g/mol. The number of carbonyl (C=O) groups excluding carboxylic acids is 1. The van der Waals surface area contributed by atoms with Crippen LogP contribution >= 0.6 is 0 Å². The van der Waals surface area contributed by atoms with Crippen LogP contribution in [0.5, 0.6) is 0 Å². The van der Waals surface area contributed by atoms with Gasteiger partial charge in [-0.15, -0.1) is 0 Å². The lowest BCUT2D eigenvalue weighted by molar-refractivity contribution is -0.137. The van der Waals surface area contributed by atoms with Crippen molar-refractivity contribution in [3.8, 4) is 0 Å². The lowest BCUT2D eigenvalue weighted by Gasteiger charge is -2.14. The van der Waals surface area contributed by atoms with Crippen LogP contribution in [-0.4, -0.2) is 5.78 Å². The molecule has 0 aromatic heterocycles. The molecule has 104 valence electrons. The molecule has 1 nitrogen and oxygen atoms in total. The molecule has 0 saturated heterocycles. The Kier molecular flexibility index (Phi) is 3.97. The van der Waals surface area contributed by atoms with Gasteiger partial charge in [-0.25, -0.2) is 0 Å². The van der Waals surface area contributed by atoms with Crippen molar-refractivity contribution in [3.05, 3.63) is 35.4 Å². The maximum atomic E-state index is 12.6. The van der Waals surface area contributed by atoms with Crippen LogP contribution in [0.15, 0.2) is 24.3 Å². The summed E-state index contributed by atoms with van der Waals surface area (Å²) in [6, 6.07) is 5.07. The number of benzene rings is 1. The van der Waals surface area contributed by atoms with E-state index >= 15 is 0 Å². The lowest BCUT2D eigenvalue weighted by atomic mass is 9.90. The van der Waals surface area contributed by atoms with E-state index in [9.17, 15) is 18.0 Å². The Balaban J connectivity index is 2.09. The third-order valence-electron chi connectivity index (χ3n) is 3.91. The Morgan fingerprint density at radius 3 is 2.63 bits per heavy atom. The largest absolute Gasteiger partial charge is 0.416 e. The number of rotatable bonds is 3. The quantitative estimate of drug-likeness (QED) is 0.802. The molecule has 2 rings (SSSR count). The van der Waals surface area contributed by atoms with Gasteiger partial charge in [0.25, 0.3) is 0 Å². The van der Waals surface area contributed by atoms with Crippen molar-refractivity contribution in [2.24, 2.45) is 11.8 Å². The molecule has 0 radical (unpaired) electrons. The van der Waals surface area contributed by atoms with Gasteiger partial charge in [0.2, 0.25) is 0 Å². The van der Waals surface area contributed by atoms with Crippen molar-refractivity contribution in [2.75, 3.05) is 0 Å².